The van der Waals surface area contributed by atoms with E-state index >= 15 is 0 Å². The predicted molar refractivity (Wildman–Crippen MR) is 74.6 cm³/mol. The zero-order valence-electron chi connectivity index (χ0n) is 12.3. The molecular formula is C13H22N4O4. The van der Waals surface area contributed by atoms with Crippen molar-refractivity contribution in [1.82, 2.24) is 20.4 Å². The van der Waals surface area contributed by atoms with Crippen molar-refractivity contribution in [1.29, 1.82) is 0 Å². The lowest BCUT2D eigenvalue weighted by molar-refractivity contribution is -0.140. The minimum atomic E-state index is -0.532. The maximum atomic E-state index is 12.5. The van der Waals surface area contributed by atoms with Crippen LogP contribution < -0.4 is 10.6 Å². The van der Waals surface area contributed by atoms with Crippen molar-refractivity contribution in [2.45, 2.75) is 18.9 Å². The van der Waals surface area contributed by atoms with Crippen LogP contribution in [0, 0.1) is 0 Å². The Morgan fingerprint density at radius 1 is 1.19 bits per heavy atom. The molecule has 0 aromatic rings. The van der Waals surface area contributed by atoms with E-state index in [4.69, 9.17) is 4.74 Å². The number of nitrogens with zero attached hydrogens (tertiary/aromatic N) is 2. The minimum absolute atomic E-state index is 0.0588. The highest BCUT2D eigenvalue weighted by Gasteiger charge is 2.35. The van der Waals surface area contributed by atoms with Crippen LogP contribution in [0.5, 0.6) is 0 Å². The van der Waals surface area contributed by atoms with E-state index in [1.165, 1.54) is 7.05 Å². The average Bonchev–Trinajstić information content (AvgIpc) is 2.95. The molecule has 0 spiro atoms. The van der Waals surface area contributed by atoms with Crippen LogP contribution in [0.4, 0.5) is 4.79 Å². The number of urea groups is 1. The molecule has 1 atom stereocenters. The molecule has 2 saturated heterocycles. The Morgan fingerprint density at radius 3 is 2.57 bits per heavy atom. The van der Waals surface area contributed by atoms with Gasteiger partial charge in [0.25, 0.3) is 0 Å². The average molecular weight is 298 g/mol. The van der Waals surface area contributed by atoms with Gasteiger partial charge in [-0.1, -0.05) is 0 Å². The van der Waals surface area contributed by atoms with Crippen LogP contribution in [-0.4, -0.2) is 80.1 Å². The Balaban J connectivity index is 1.88. The molecule has 8 heteroatoms. The number of amides is 4. The first-order valence-electron chi connectivity index (χ1n) is 7.24. The van der Waals surface area contributed by atoms with E-state index in [1.807, 2.05) is 4.90 Å². The summed E-state index contributed by atoms with van der Waals surface area (Å²) in [5, 5.41) is 4.55. The van der Waals surface area contributed by atoms with Crippen molar-refractivity contribution >= 4 is 17.8 Å². The van der Waals surface area contributed by atoms with E-state index in [2.05, 4.69) is 10.6 Å². The Labute approximate surface area is 123 Å². The first-order valence-corrected chi connectivity index (χ1v) is 7.24. The second-order valence-electron chi connectivity index (χ2n) is 5.19. The summed E-state index contributed by atoms with van der Waals surface area (Å²) in [5.74, 6) is -0.334. The molecule has 2 heterocycles. The molecule has 21 heavy (non-hydrogen) atoms. The summed E-state index contributed by atoms with van der Waals surface area (Å²) < 4.78 is 5.24. The van der Waals surface area contributed by atoms with Crippen molar-refractivity contribution in [2.75, 3.05) is 46.4 Å². The molecule has 0 bridgehead atoms. The summed E-state index contributed by atoms with van der Waals surface area (Å²) in [7, 11) is 1.45. The zero-order chi connectivity index (χ0) is 15.2. The second kappa shape index (κ2) is 7.37. The highest BCUT2D eigenvalue weighted by molar-refractivity contribution is 5.95. The molecule has 2 rings (SSSR count). The smallest absolute Gasteiger partial charge is 0.321 e. The summed E-state index contributed by atoms with van der Waals surface area (Å²) in [6.07, 6.45) is 1.64. The van der Waals surface area contributed by atoms with Gasteiger partial charge in [-0.3, -0.25) is 19.8 Å². The number of imide groups is 1. The van der Waals surface area contributed by atoms with Crippen LogP contribution >= 0.6 is 0 Å². The first-order chi connectivity index (χ1) is 10.1. The fourth-order valence-electron chi connectivity index (χ4n) is 2.70. The van der Waals surface area contributed by atoms with Crippen LogP contribution in [0.3, 0.4) is 0 Å². The van der Waals surface area contributed by atoms with Crippen molar-refractivity contribution in [3.63, 3.8) is 0 Å². The SMILES string of the molecule is CNC(=O)NC(=O)CN1CCC[C@@H]1C(=O)N1CCOCC1. The Kier molecular flexibility index (Phi) is 5.51. The summed E-state index contributed by atoms with van der Waals surface area (Å²) in [6.45, 7) is 3.10. The number of likely N-dealkylation sites (tertiary alicyclic amines) is 1. The lowest BCUT2D eigenvalue weighted by Gasteiger charge is -2.32. The summed E-state index contributed by atoms with van der Waals surface area (Å²) in [5.41, 5.74) is 0. The number of carbonyl (C=O) groups excluding carboxylic acids is 3. The van der Waals surface area contributed by atoms with E-state index in [0.29, 0.717) is 32.8 Å². The summed E-state index contributed by atoms with van der Waals surface area (Å²) in [4.78, 5) is 39.0. The van der Waals surface area contributed by atoms with Crippen LogP contribution in [0.25, 0.3) is 0 Å². The molecule has 0 saturated carbocycles. The number of nitrogens with one attached hydrogen (secondary N) is 2. The molecule has 0 aromatic heterocycles. The molecule has 2 N–H and O–H groups in total. The number of ether oxygens (including phenoxy) is 1. The molecule has 4 amide bonds. The Hall–Kier alpha value is -1.67. The molecular weight excluding hydrogens is 276 g/mol. The third-order valence-electron chi connectivity index (χ3n) is 3.80. The van der Waals surface area contributed by atoms with Crippen LogP contribution in [-0.2, 0) is 14.3 Å². The highest BCUT2D eigenvalue weighted by Crippen LogP contribution is 2.19. The molecule has 0 aliphatic carbocycles. The largest absolute Gasteiger partial charge is 0.378 e. The first kappa shape index (κ1) is 15.7. The fourth-order valence-corrected chi connectivity index (χ4v) is 2.70. The van der Waals surface area contributed by atoms with Gasteiger partial charge in [0.15, 0.2) is 0 Å². The van der Waals surface area contributed by atoms with Crippen molar-refractivity contribution in [3.8, 4) is 0 Å². The van der Waals surface area contributed by atoms with Gasteiger partial charge < -0.3 is 15.0 Å². The predicted octanol–water partition coefficient (Wildman–Crippen LogP) is -1.23. The van der Waals surface area contributed by atoms with Gasteiger partial charge >= 0.3 is 6.03 Å². The Bertz CT molecular complexity index is 409. The zero-order valence-corrected chi connectivity index (χ0v) is 12.3. The number of morpholine rings is 1. The monoisotopic (exact) mass is 298 g/mol. The normalized spacial score (nSPS) is 22.9. The van der Waals surface area contributed by atoms with Crippen LogP contribution in [0.2, 0.25) is 0 Å². The van der Waals surface area contributed by atoms with E-state index < -0.39 is 11.9 Å². The van der Waals surface area contributed by atoms with E-state index in [-0.39, 0.29) is 18.5 Å². The minimum Gasteiger partial charge on any atom is -0.378 e. The Morgan fingerprint density at radius 2 is 1.90 bits per heavy atom. The molecule has 2 aliphatic heterocycles. The van der Waals surface area contributed by atoms with E-state index in [9.17, 15) is 14.4 Å². The summed E-state index contributed by atoms with van der Waals surface area (Å²) in [6, 6.07) is -0.797. The molecule has 0 unspecified atom stereocenters. The number of hydrogen-bond donors (Lipinski definition) is 2. The molecule has 2 fully saturated rings. The fraction of sp³-hybridized carbons (Fsp3) is 0.769. The van der Waals surface area contributed by atoms with Gasteiger partial charge in [0.05, 0.1) is 25.8 Å². The van der Waals surface area contributed by atoms with Gasteiger partial charge in [-0.05, 0) is 19.4 Å². The third kappa shape index (κ3) is 4.15. The van der Waals surface area contributed by atoms with Gasteiger partial charge in [0, 0.05) is 20.1 Å². The van der Waals surface area contributed by atoms with E-state index in [0.717, 1.165) is 12.8 Å². The number of hydrogen-bond acceptors (Lipinski definition) is 5. The van der Waals surface area contributed by atoms with Crippen molar-refractivity contribution in [3.05, 3.63) is 0 Å². The van der Waals surface area contributed by atoms with Gasteiger partial charge in [0.1, 0.15) is 0 Å². The highest BCUT2D eigenvalue weighted by atomic mass is 16.5. The van der Waals surface area contributed by atoms with Gasteiger partial charge in [-0.15, -0.1) is 0 Å². The standard InChI is InChI=1S/C13H22N4O4/c1-14-13(20)15-11(18)9-17-4-2-3-10(17)12(19)16-5-7-21-8-6-16/h10H,2-9H2,1H3,(H2,14,15,18,20)/t10-/m1/s1. The summed E-state index contributed by atoms with van der Waals surface area (Å²) >= 11 is 0. The van der Waals surface area contributed by atoms with Crippen LogP contribution in [0.1, 0.15) is 12.8 Å². The number of rotatable bonds is 3. The van der Waals surface area contributed by atoms with Gasteiger partial charge in [0.2, 0.25) is 11.8 Å². The lowest BCUT2D eigenvalue weighted by Crippen LogP contribution is -2.52. The molecule has 118 valence electrons. The van der Waals surface area contributed by atoms with Gasteiger partial charge in [-0.25, -0.2) is 4.79 Å². The van der Waals surface area contributed by atoms with E-state index in [1.54, 1.807) is 4.90 Å². The second-order valence-corrected chi connectivity index (χ2v) is 5.19. The topological polar surface area (TPSA) is 91.0 Å². The lowest BCUT2D eigenvalue weighted by atomic mass is 10.2. The maximum Gasteiger partial charge on any atom is 0.321 e. The maximum absolute atomic E-state index is 12.5. The van der Waals surface area contributed by atoms with Crippen LogP contribution in [0.15, 0.2) is 0 Å². The molecule has 0 aromatic carbocycles. The third-order valence-corrected chi connectivity index (χ3v) is 3.80. The van der Waals surface area contributed by atoms with Crippen molar-refractivity contribution in [2.24, 2.45) is 0 Å². The molecule has 0 radical (unpaired) electrons. The van der Waals surface area contributed by atoms with Gasteiger partial charge in [-0.2, -0.15) is 0 Å². The van der Waals surface area contributed by atoms with Crippen molar-refractivity contribution < 1.29 is 19.1 Å². The molecule has 8 nitrogen and oxygen atoms in total. The quantitative estimate of drug-likeness (QED) is 0.680. The number of carbonyl (C=O) groups is 3. The molecule has 2 aliphatic rings.